The molecule has 0 N–H and O–H groups in total. The fourth-order valence-electron chi connectivity index (χ4n) is 2.73. The van der Waals surface area contributed by atoms with Gasteiger partial charge in [-0.05, 0) is 25.5 Å². The van der Waals surface area contributed by atoms with E-state index >= 15 is 0 Å². The number of fused-ring (bicyclic) bond motifs is 1. The average Bonchev–Trinajstić information content (AvgIpc) is 2.88. The van der Waals surface area contributed by atoms with E-state index in [0.29, 0.717) is 6.42 Å². The summed E-state index contributed by atoms with van der Waals surface area (Å²) in [6.07, 6.45) is 6.53. The van der Waals surface area contributed by atoms with Crippen molar-refractivity contribution in [3.63, 3.8) is 0 Å². The second-order valence-corrected chi connectivity index (χ2v) is 5.45. The van der Waals surface area contributed by atoms with Gasteiger partial charge in [0.2, 0.25) is 5.91 Å². The van der Waals surface area contributed by atoms with Gasteiger partial charge in [-0.25, -0.2) is 9.55 Å². The standard InChI is InChI=1S/C18H20N3O/c1-15-19-16-9-3-4-10-17(16)21(15)18(22)11-5-8-14-20-12-6-2-7-13-20/h2-4,6-7,9-10,12-13H,5,8,11,14H2,1H3/q+1. The van der Waals surface area contributed by atoms with E-state index < -0.39 is 0 Å². The maximum absolute atomic E-state index is 12.5. The third kappa shape index (κ3) is 3.06. The summed E-state index contributed by atoms with van der Waals surface area (Å²) in [4.78, 5) is 16.9. The summed E-state index contributed by atoms with van der Waals surface area (Å²) in [5, 5.41) is 0. The summed E-state index contributed by atoms with van der Waals surface area (Å²) in [7, 11) is 0. The molecule has 3 aromatic rings. The third-order valence-electron chi connectivity index (χ3n) is 3.81. The number of benzene rings is 1. The number of imidazole rings is 1. The quantitative estimate of drug-likeness (QED) is 0.535. The Morgan fingerprint density at radius 2 is 1.86 bits per heavy atom. The van der Waals surface area contributed by atoms with E-state index in [4.69, 9.17) is 0 Å². The van der Waals surface area contributed by atoms with E-state index in [2.05, 4.69) is 21.9 Å². The zero-order chi connectivity index (χ0) is 15.4. The zero-order valence-corrected chi connectivity index (χ0v) is 12.8. The Bertz CT molecular complexity index is 777. The Morgan fingerprint density at radius 1 is 1.09 bits per heavy atom. The van der Waals surface area contributed by atoms with Gasteiger partial charge in [0.25, 0.3) is 0 Å². The van der Waals surface area contributed by atoms with Crippen molar-refractivity contribution in [2.75, 3.05) is 0 Å². The number of hydrogen-bond donors (Lipinski definition) is 0. The van der Waals surface area contributed by atoms with Gasteiger partial charge in [0.05, 0.1) is 11.0 Å². The molecule has 0 amide bonds. The van der Waals surface area contributed by atoms with E-state index in [0.717, 1.165) is 36.2 Å². The van der Waals surface area contributed by atoms with Crippen molar-refractivity contribution in [2.45, 2.75) is 32.7 Å². The number of nitrogens with zero attached hydrogens (tertiary/aromatic N) is 3. The zero-order valence-electron chi connectivity index (χ0n) is 12.8. The maximum atomic E-state index is 12.5. The van der Waals surface area contributed by atoms with E-state index in [-0.39, 0.29) is 5.91 Å². The van der Waals surface area contributed by atoms with Crippen LogP contribution in [0.4, 0.5) is 0 Å². The van der Waals surface area contributed by atoms with Crippen LogP contribution in [0.2, 0.25) is 0 Å². The topological polar surface area (TPSA) is 38.8 Å². The van der Waals surface area contributed by atoms with Gasteiger partial charge in [-0.2, -0.15) is 0 Å². The lowest BCUT2D eigenvalue weighted by Crippen LogP contribution is -2.32. The average molecular weight is 294 g/mol. The van der Waals surface area contributed by atoms with Crippen LogP contribution in [0.1, 0.15) is 29.9 Å². The lowest BCUT2D eigenvalue weighted by atomic mass is 10.2. The molecule has 0 unspecified atom stereocenters. The molecule has 0 bridgehead atoms. The Kier molecular flexibility index (Phi) is 4.28. The lowest BCUT2D eigenvalue weighted by molar-refractivity contribution is -0.697. The van der Waals surface area contributed by atoms with Crippen molar-refractivity contribution in [2.24, 2.45) is 0 Å². The normalized spacial score (nSPS) is 11.0. The second kappa shape index (κ2) is 6.52. The molecule has 0 saturated carbocycles. The molecule has 0 atom stereocenters. The molecule has 0 saturated heterocycles. The van der Waals surface area contributed by atoms with Crippen molar-refractivity contribution in [1.29, 1.82) is 0 Å². The Hall–Kier alpha value is -2.49. The molecule has 3 rings (SSSR count). The molecule has 0 radical (unpaired) electrons. The largest absolute Gasteiger partial charge is 0.274 e. The van der Waals surface area contributed by atoms with Crippen LogP contribution in [0.5, 0.6) is 0 Å². The number of carbonyl (C=O) groups is 1. The SMILES string of the molecule is Cc1nc2ccccc2n1C(=O)CCCC[n+]1ccccc1. The predicted molar refractivity (Wildman–Crippen MR) is 85.6 cm³/mol. The number of carbonyl (C=O) groups excluding carboxylic acids is 1. The van der Waals surface area contributed by atoms with Gasteiger partial charge < -0.3 is 0 Å². The first-order valence-corrected chi connectivity index (χ1v) is 7.67. The molecule has 0 aliphatic carbocycles. The molecule has 0 aliphatic heterocycles. The Balaban J connectivity index is 1.61. The smallest absolute Gasteiger partial charge is 0.232 e. The summed E-state index contributed by atoms with van der Waals surface area (Å²) in [6, 6.07) is 13.8. The molecule has 22 heavy (non-hydrogen) atoms. The second-order valence-electron chi connectivity index (χ2n) is 5.45. The highest BCUT2D eigenvalue weighted by atomic mass is 16.2. The Labute approximate surface area is 130 Å². The monoisotopic (exact) mass is 294 g/mol. The molecule has 1 aromatic carbocycles. The first kappa shape index (κ1) is 14.4. The number of para-hydroxylation sites is 2. The highest BCUT2D eigenvalue weighted by molar-refractivity contribution is 5.91. The molecule has 0 aliphatic rings. The molecular formula is C18H20N3O+. The number of rotatable bonds is 5. The van der Waals surface area contributed by atoms with Crippen molar-refractivity contribution in [3.05, 3.63) is 60.7 Å². The molecule has 0 spiro atoms. The summed E-state index contributed by atoms with van der Waals surface area (Å²) in [5.41, 5.74) is 1.79. The van der Waals surface area contributed by atoms with Crippen LogP contribution in [-0.4, -0.2) is 15.5 Å². The first-order chi connectivity index (χ1) is 10.8. The summed E-state index contributed by atoms with van der Waals surface area (Å²) < 4.78 is 3.88. The molecule has 2 aromatic heterocycles. The predicted octanol–water partition coefficient (Wildman–Crippen LogP) is 3.14. The fourth-order valence-corrected chi connectivity index (χ4v) is 2.73. The van der Waals surface area contributed by atoms with E-state index in [9.17, 15) is 4.79 Å². The highest BCUT2D eigenvalue weighted by Gasteiger charge is 2.13. The minimum Gasteiger partial charge on any atom is -0.274 e. The molecule has 112 valence electrons. The van der Waals surface area contributed by atoms with Crippen LogP contribution in [0, 0.1) is 6.92 Å². The van der Waals surface area contributed by atoms with Crippen LogP contribution >= 0.6 is 0 Å². The van der Waals surface area contributed by atoms with E-state index in [1.807, 2.05) is 49.4 Å². The fraction of sp³-hybridized carbons (Fsp3) is 0.278. The molecule has 4 heteroatoms. The van der Waals surface area contributed by atoms with Gasteiger partial charge in [-0.15, -0.1) is 0 Å². The van der Waals surface area contributed by atoms with E-state index in [1.54, 1.807) is 4.57 Å². The number of hydrogen-bond acceptors (Lipinski definition) is 2. The molecule has 0 fully saturated rings. The summed E-state index contributed by atoms with van der Waals surface area (Å²) >= 11 is 0. The maximum Gasteiger partial charge on any atom is 0.232 e. The molecule has 2 heterocycles. The summed E-state index contributed by atoms with van der Waals surface area (Å²) in [5.74, 6) is 0.896. The van der Waals surface area contributed by atoms with E-state index in [1.165, 1.54) is 0 Å². The van der Waals surface area contributed by atoms with Crippen molar-refractivity contribution >= 4 is 16.9 Å². The van der Waals surface area contributed by atoms with Crippen LogP contribution in [0.3, 0.4) is 0 Å². The minimum atomic E-state index is 0.129. The van der Waals surface area contributed by atoms with Gasteiger partial charge in [0, 0.05) is 25.0 Å². The van der Waals surface area contributed by atoms with Gasteiger partial charge in [-0.3, -0.25) is 9.36 Å². The minimum absolute atomic E-state index is 0.129. The van der Waals surface area contributed by atoms with Crippen molar-refractivity contribution in [3.8, 4) is 0 Å². The van der Waals surface area contributed by atoms with Gasteiger partial charge in [0.1, 0.15) is 12.4 Å². The number of aromatic nitrogens is 3. The molecule has 4 nitrogen and oxygen atoms in total. The number of pyridine rings is 1. The number of aryl methyl sites for hydroxylation is 2. The number of unbranched alkanes of at least 4 members (excludes halogenated alkanes) is 1. The van der Waals surface area contributed by atoms with Crippen molar-refractivity contribution < 1.29 is 9.36 Å². The van der Waals surface area contributed by atoms with Gasteiger partial charge in [0.15, 0.2) is 12.4 Å². The van der Waals surface area contributed by atoms with Gasteiger partial charge in [-0.1, -0.05) is 18.2 Å². The summed E-state index contributed by atoms with van der Waals surface area (Å²) in [6.45, 7) is 2.83. The van der Waals surface area contributed by atoms with Crippen LogP contribution < -0.4 is 4.57 Å². The van der Waals surface area contributed by atoms with Crippen molar-refractivity contribution in [1.82, 2.24) is 9.55 Å². The van der Waals surface area contributed by atoms with Gasteiger partial charge >= 0.3 is 0 Å². The highest BCUT2D eigenvalue weighted by Crippen LogP contribution is 2.16. The van der Waals surface area contributed by atoms with Crippen LogP contribution in [-0.2, 0) is 6.54 Å². The third-order valence-corrected chi connectivity index (χ3v) is 3.81. The first-order valence-electron chi connectivity index (χ1n) is 7.67. The Morgan fingerprint density at radius 3 is 2.68 bits per heavy atom. The molecular weight excluding hydrogens is 274 g/mol. The lowest BCUT2D eigenvalue weighted by Gasteiger charge is -2.05. The van der Waals surface area contributed by atoms with Crippen LogP contribution in [0.25, 0.3) is 11.0 Å². The van der Waals surface area contributed by atoms with Crippen LogP contribution in [0.15, 0.2) is 54.9 Å².